The molecule has 2 atom stereocenters. The highest BCUT2D eigenvalue weighted by Gasteiger charge is 2.20. The second-order valence-corrected chi connectivity index (χ2v) is 30.6. The maximum atomic E-state index is 12.6. The molecule has 0 aliphatic heterocycles. The maximum Gasteiger partial charge on any atom is 0.305 e. The molecule has 6 heteroatoms. The number of unbranched alkanes of at least 4 members (excludes halogenated alkanes) is 71. The number of nitrogens with one attached hydrogen (secondary N) is 1. The normalized spacial score (nSPS) is 12.4. The highest BCUT2D eigenvalue weighted by atomic mass is 16.5. The van der Waals surface area contributed by atoms with Crippen LogP contribution in [0, 0.1) is 0 Å². The first-order valence-corrected chi connectivity index (χ1v) is 43.9. The minimum atomic E-state index is -0.662. The van der Waals surface area contributed by atoms with Gasteiger partial charge in [0.15, 0.2) is 0 Å². The van der Waals surface area contributed by atoms with Crippen LogP contribution in [0.5, 0.6) is 0 Å². The Morgan fingerprint density at radius 1 is 0.287 bits per heavy atom. The van der Waals surface area contributed by atoms with Crippen LogP contribution >= 0.6 is 0 Å². The van der Waals surface area contributed by atoms with Crippen LogP contribution in [0.4, 0.5) is 0 Å². The zero-order valence-electron chi connectivity index (χ0n) is 64.5. The van der Waals surface area contributed by atoms with Crippen molar-refractivity contribution in [2.45, 2.75) is 527 Å². The highest BCUT2D eigenvalue weighted by Crippen LogP contribution is 2.21. The molecule has 0 spiro atoms. The van der Waals surface area contributed by atoms with E-state index >= 15 is 0 Å². The number of hydrogen-bond acceptors (Lipinski definition) is 5. The van der Waals surface area contributed by atoms with Crippen molar-refractivity contribution in [3.8, 4) is 0 Å². The van der Waals surface area contributed by atoms with Crippen molar-refractivity contribution in [2.24, 2.45) is 0 Å². The molecule has 0 aromatic heterocycles. The Morgan fingerprint density at radius 2 is 0.500 bits per heavy atom. The number of hydrogen-bond donors (Lipinski definition) is 3. The molecule has 2 unspecified atom stereocenters. The monoisotopic (exact) mass is 1320 g/mol. The van der Waals surface area contributed by atoms with Crippen LogP contribution in [0.3, 0.4) is 0 Å². The van der Waals surface area contributed by atoms with Gasteiger partial charge < -0.3 is 20.3 Å². The Labute approximate surface area is 590 Å². The third-order valence-corrected chi connectivity index (χ3v) is 21.1. The van der Waals surface area contributed by atoms with Gasteiger partial charge >= 0.3 is 5.97 Å². The standard InChI is InChI=1S/C88H173NO5/c1-3-5-7-9-11-13-15-17-19-21-22-23-39-42-45-49-52-56-60-64-68-72-76-80-86(91)85(84-90)89-87(92)81-77-73-69-65-61-57-53-50-46-43-40-37-35-33-31-29-27-25-24-26-28-30-32-34-36-38-41-44-47-51-55-59-63-67-71-75-79-83-94-88(93)82-78-74-70-66-62-58-54-48-20-18-16-14-12-10-8-6-4-2/h24,26,85-86,90-91H,3-23,25,27-84H2,1-2H3,(H,89,92)/b26-24-. The van der Waals surface area contributed by atoms with E-state index in [0.717, 1.165) is 38.5 Å². The Balaban J connectivity index is 3.32. The average Bonchev–Trinajstić information content (AvgIpc) is 3.75. The first-order valence-electron chi connectivity index (χ1n) is 43.9. The molecule has 0 aliphatic carbocycles. The molecular weight excluding hydrogens is 1150 g/mol. The lowest BCUT2D eigenvalue weighted by Crippen LogP contribution is -2.45. The van der Waals surface area contributed by atoms with Gasteiger partial charge in [0.1, 0.15) is 0 Å². The Morgan fingerprint density at radius 3 is 0.755 bits per heavy atom. The largest absolute Gasteiger partial charge is 0.466 e. The summed E-state index contributed by atoms with van der Waals surface area (Å²) in [4.78, 5) is 24.7. The van der Waals surface area contributed by atoms with Gasteiger partial charge in [0, 0.05) is 12.8 Å². The second-order valence-electron chi connectivity index (χ2n) is 30.6. The predicted octanol–water partition coefficient (Wildman–Crippen LogP) is 29.4. The van der Waals surface area contributed by atoms with E-state index in [2.05, 4.69) is 31.3 Å². The van der Waals surface area contributed by atoms with E-state index < -0.39 is 12.1 Å². The summed E-state index contributed by atoms with van der Waals surface area (Å²) in [5, 5.41) is 23.5. The molecule has 0 fully saturated rings. The number of rotatable bonds is 84. The summed E-state index contributed by atoms with van der Waals surface area (Å²) < 4.78 is 5.52. The number of carbonyl (C=O) groups excluding carboxylic acids is 2. The van der Waals surface area contributed by atoms with E-state index in [-0.39, 0.29) is 18.5 Å². The topological polar surface area (TPSA) is 95.9 Å². The van der Waals surface area contributed by atoms with Crippen LogP contribution < -0.4 is 5.32 Å². The molecule has 6 nitrogen and oxygen atoms in total. The molecule has 0 bridgehead atoms. The summed E-state index contributed by atoms with van der Waals surface area (Å²) in [5.41, 5.74) is 0. The Bertz CT molecular complexity index is 1430. The van der Waals surface area contributed by atoms with Crippen LogP contribution in [-0.2, 0) is 14.3 Å². The SMILES string of the molecule is CCCCCCCCCCCCCCCCCCCCCCCCCC(O)C(CO)NC(=O)CCCCCCCCCCCCCCCCCCC/C=C\CCCCCCCCCCCCCCCCCCOC(=O)CCCCCCCCCCCCCCCCCCC. The van der Waals surface area contributed by atoms with Crippen molar-refractivity contribution in [3.63, 3.8) is 0 Å². The molecule has 0 heterocycles. The molecule has 1 amide bonds. The quantitative estimate of drug-likeness (QED) is 0.0320. The first-order chi connectivity index (χ1) is 46.5. The van der Waals surface area contributed by atoms with Crippen molar-refractivity contribution in [3.05, 3.63) is 12.2 Å². The molecule has 0 aliphatic rings. The van der Waals surface area contributed by atoms with Crippen LogP contribution in [0.1, 0.15) is 515 Å². The number of aliphatic hydroxyl groups is 2. The van der Waals surface area contributed by atoms with Crippen LogP contribution in [0.2, 0.25) is 0 Å². The summed E-state index contributed by atoms with van der Waals surface area (Å²) in [5.74, 6) is 0.00251. The van der Waals surface area contributed by atoms with Crippen LogP contribution in [0.15, 0.2) is 12.2 Å². The summed E-state index contributed by atoms with van der Waals surface area (Å²) in [6.07, 6.45) is 108. The summed E-state index contributed by atoms with van der Waals surface area (Å²) in [7, 11) is 0. The van der Waals surface area contributed by atoms with Gasteiger partial charge in [-0.3, -0.25) is 9.59 Å². The number of allylic oxidation sites excluding steroid dienone is 2. The van der Waals surface area contributed by atoms with Gasteiger partial charge in [-0.2, -0.15) is 0 Å². The van der Waals surface area contributed by atoms with Gasteiger partial charge in [0.2, 0.25) is 5.91 Å². The van der Waals surface area contributed by atoms with Crippen molar-refractivity contribution in [2.75, 3.05) is 13.2 Å². The molecule has 560 valence electrons. The fourth-order valence-electron chi connectivity index (χ4n) is 14.4. The van der Waals surface area contributed by atoms with Gasteiger partial charge in [-0.05, 0) is 51.4 Å². The lowest BCUT2D eigenvalue weighted by Gasteiger charge is -2.22. The zero-order chi connectivity index (χ0) is 67.7. The minimum absolute atomic E-state index is 0.0244. The van der Waals surface area contributed by atoms with E-state index in [1.807, 2.05) is 0 Å². The van der Waals surface area contributed by atoms with Crippen LogP contribution in [0.25, 0.3) is 0 Å². The third kappa shape index (κ3) is 79.6. The lowest BCUT2D eigenvalue weighted by molar-refractivity contribution is -0.143. The van der Waals surface area contributed by atoms with Crippen LogP contribution in [-0.4, -0.2) is 47.4 Å². The van der Waals surface area contributed by atoms with E-state index in [4.69, 9.17) is 4.74 Å². The minimum Gasteiger partial charge on any atom is -0.466 e. The fourth-order valence-corrected chi connectivity index (χ4v) is 14.4. The average molecular weight is 1330 g/mol. The van der Waals surface area contributed by atoms with E-state index in [9.17, 15) is 19.8 Å². The number of carbonyl (C=O) groups is 2. The maximum absolute atomic E-state index is 12.6. The first kappa shape index (κ1) is 92.6. The molecule has 0 radical (unpaired) electrons. The van der Waals surface area contributed by atoms with Gasteiger partial charge in [-0.25, -0.2) is 0 Å². The van der Waals surface area contributed by atoms with Gasteiger partial charge in [-0.1, -0.05) is 463 Å². The Hall–Kier alpha value is -1.40. The van der Waals surface area contributed by atoms with Gasteiger partial charge in [0.25, 0.3) is 0 Å². The van der Waals surface area contributed by atoms with Gasteiger partial charge in [-0.15, -0.1) is 0 Å². The molecule has 0 aromatic rings. The summed E-state index contributed by atoms with van der Waals surface area (Å²) in [6, 6.07) is -0.539. The number of ether oxygens (including phenoxy) is 1. The number of amides is 1. The smallest absolute Gasteiger partial charge is 0.305 e. The van der Waals surface area contributed by atoms with E-state index in [1.165, 1.54) is 443 Å². The lowest BCUT2D eigenvalue weighted by atomic mass is 10.0. The van der Waals surface area contributed by atoms with Crippen molar-refractivity contribution in [1.82, 2.24) is 5.32 Å². The number of aliphatic hydroxyl groups excluding tert-OH is 2. The van der Waals surface area contributed by atoms with E-state index in [1.54, 1.807) is 0 Å². The molecule has 0 rings (SSSR count). The Kier molecular flexibility index (Phi) is 82.8. The fraction of sp³-hybridized carbons (Fsp3) is 0.955. The predicted molar refractivity (Wildman–Crippen MR) is 417 cm³/mol. The van der Waals surface area contributed by atoms with Crippen molar-refractivity contribution >= 4 is 11.9 Å². The highest BCUT2D eigenvalue weighted by molar-refractivity contribution is 5.76. The molecule has 0 saturated heterocycles. The van der Waals surface area contributed by atoms with Gasteiger partial charge in [0.05, 0.1) is 25.4 Å². The summed E-state index contributed by atoms with van der Waals surface area (Å²) >= 11 is 0. The molecular formula is C88H173NO5. The third-order valence-electron chi connectivity index (χ3n) is 21.1. The molecule has 94 heavy (non-hydrogen) atoms. The second kappa shape index (κ2) is 84.0. The zero-order valence-corrected chi connectivity index (χ0v) is 64.5. The summed E-state index contributed by atoms with van der Waals surface area (Å²) in [6.45, 7) is 5.03. The number of esters is 1. The van der Waals surface area contributed by atoms with E-state index in [0.29, 0.717) is 25.9 Å². The van der Waals surface area contributed by atoms with Crippen molar-refractivity contribution < 1.29 is 24.5 Å². The molecule has 3 N–H and O–H groups in total. The molecule has 0 aromatic carbocycles. The molecule has 0 saturated carbocycles. The van der Waals surface area contributed by atoms with Crippen molar-refractivity contribution in [1.29, 1.82) is 0 Å².